The molecular formula is C34H22Cl2F5N3O9. The van der Waals surface area contributed by atoms with Gasteiger partial charge in [-0.05, 0) is 24.8 Å². The maximum absolute atomic E-state index is 15.3. The minimum Gasteiger partial charge on any atom is -0.507 e. The van der Waals surface area contributed by atoms with Gasteiger partial charge in [0.15, 0.2) is 33.0 Å². The summed E-state index contributed by atoms with van der Waals surface area (Å²) < 4.78 is 84.3. The standard InChI is InChI=1S/C34H22Cl2F5N3O9/c1-52-14-9-18(45)21(19(10-14)53-2)22-15-6-7-16-20(30(47)42(29(16)46)12-4-3-5-13(8-12)44(50)51)17(15)11-33(35)31(48)43(32(49)34(22,33)36)28-26(40)24(38)23(37)25(39)27(28)41/h3-6,8-10,16-17,20,22,45H,7,11H2,1-2H3/t16-,17+,20-,22+,33+,34-/m0/s1. The zero-order valence-electron chi connectivity index (χ0n) is 27.0. The van der Waals surface area contributed by atoms with Gasteiger partial charge in [0.25, 0.3) is 17.5 Å². The number of nitrogens with zero attached hydrogens (tertiary/aromatic N) is 3. The van der Waals surface area contributed by atoms with Crippen molar-refractivity contribution < 1.29 is 60.6 Å². The van der Waals surface area contributed by atoms with Gasteiger partial charge in [0.1, 0.15) is 22.9 Å². The lowest BCUT2D eigenvalue weighted by molar-refractivity contribution is -0.384. The number of amides is 4. The van der Waals surface area contributed by atoms with Crippen LogP contribution in [0.3, 0.4) is 0 Å². The van der Waals surface area contributed by atoms with Crippen LogP contribution in [0.15, 0.2) is 48.0 Å². The molecule has 1 N–H and O–H groups in total. The molecule has 3 aromatic rings. The minimum absolute atomic E-state index is 0.0231. The van der Waals surface area contributed by atoms with Crippen LogP contribution in [0.1, 0.15) is 24.3 Å². The van der Waals surface area contributed by atoms with Crippen LogP contribution in [0.2, 0.25) is 0 Å². The van der Waals surface area contributed by atoms with Crippen molar-refractivity contribution in [1.82, 2.24) is 0 Å². The van der Waals surface area contributed by atoms with Crippen molar-refractivity contribution in [1.29, 1.82) is 0 Å². The van der Waals surface area contributed by atoms with E-state index in [0.717, 1.165) is 30.2 Å². The molecule has 2 aliphatic carbocycles. The van der Waals surface area contributed by atoms with Crippen molar-refractivity contribution in [2.75, 3.05) is 24.0 Å². The number of rotatable bonds is 6. The molecule has 0 bridgehead atoms. The second kappa shape index (κ2) is 12.1. The monoisotopic (exact) mass is 781 g/mol. The van der Waals surface area contributed by atoms with Gasteiger partial charge in [-0.15, -0.1) is 23.2 Å². The highest BCUT2D eigenvalue weighted by molar-refractivity contribution is 6.58. The van der Waals surface area contributed by atoms with Crippen LogP contribution in [0, 0.1) is 57.0 Å². The minimum atomic E-state index is -2.92. The number of non-ortho nitro benzene ring substituents is 1. The topological polar surface area (TPSA) is 157 Å². The molecular weight excluding hydrogens is 760 g/mol. The third kappa shape index (κ3) is 4.65. The highest BCUT2D eigenvalue weighted by Crippen LogP contribution is 2.67. The number of hydrogen-bond acceptors (Lipinski definition) is 9. The first-order chi connectivity index (χ1) is 25.0. The summed E-state index contributed by atoms with van der Waals surface area (Å²) in [6, 6.07) is 6.99. The molecule has 19 heteroatoms. The van der Waals surface area contributed by atoms with Gasteiger partial charge in [0, 0.05) is 35.7 Å². The molecule has 3 fully saturated rings. The van der Waals surface area contributed by atoms with Crippen LogP contribution in [0.4, 0.5) is 39.0 Å². The number of aromatic hydroxyl groups is 1. The summed E-state index contributed by atoms with van der Waals surface area (Å²) in [6.45, 7) is 0. The maximum Gasteiger partial charge on any atom is 0.271 e. The number of methoxy groups -OCH3 is 2. The lowest BCUT2D eigenvalue weighted by Gasteiger charge is -2.50. The van der Waals surface area contributed by atoms with E-state index in [1.807, 2.05) is 0 Å². The Labute approximate surface area is 304 Å². The van der Waals surface area contributed by atoms with E-state index in [2.05, 4.69) is 0 Å². The van der Waals surface area contributed by atoms with Gasteiger partial charge in [0.05, 0.1) is 36.7 Å². The fraction of sp³-hybridized carbons (Fsp3) is 0.294. The summed E-state index contributed by atoms with van der Waals surface area (Å²) in [6.07, 6.45) is 0.397. The number of carbonyl (C=O) groups is 4. The average molecular weight is 782 g/mol. The molecule has 1 saturated carbocycles. The van der Waals surface area contributed by atoms with Gasteiger partial charge in [-0.2, -0.15) is 0 Å². The normalized spacial score (nSPS) is 27.8. The van der Waals surface area contributed by atoms with Crippen LogP contribution >= 0.6 is 23.2 Å². The lowest BCUT2D eigenvalue weighted by atomic mass is 9.56. The molecule has 4 amide bonds. The van der Waals surface area contributed by atoms with E-state index in [0.29, 0.717) is 0 Å². The van der Waals surface area contributed by atoms with Gasteiger partial charge >= 0.3 is 0 Å². The van der Waals surface area contributed by atoms with Gasteiger partial charge in [0.2, 0.25) is 17.6 Å². The first kappa shape index (κ1) is 36.1. The van der Waals surface area contributed by atoms with Gasteiger partial charge in [-0.3, -0.25) is 29.3 Å². The molecule has 2 saturated heterocycles. The number of fused-ring (bicyclic) bond motifs is 4. The number of anilines is 2. The van der Waals surface area contributed by atoms with Crippen LogP contribution < -0.4 is 19.3 Å². The zero-order valence-corrected chi connectivity index (χ0v) is 28.5. The number of phenols is 1. The van der Waals surface area contributed by atoms with E-state index < -0.39 is 115 Å². The Morgan fingerprint density at radius 2 is 1.51 bits per heavy atom. The largest absolute Gasteiger partial charge is 0.507 e. The lowest BCUT2D eigenvalue weighted by Crippen LogP contribution is -2.60. The molecule has 2 aliphatic heterocycles. The molecule has 0 aromatic heterocycles. The summed E-state index contributed by atoms with van der Waals surface area (Å²) in [5, 5.41) is 22.9. The zero-order chi connectivity index (χ0) is 38.6. The second-order valence-electron chi connectivity index (χ2n) is 12.7. The smallest absolute Gasteiger partial charge is 0.271 e. The van der Waals surface area contributed by atoms with Gasteiger partial charge < -0.3 is 14.6 Å². The molecule has 7 rings (SSSR count). The molecule has 276 valence electrons. The first-order valence-electron chi connectivity index (χ1n) is 15.5. The number of allylic oxidation sites excluding steroid dienone is 2. The van der Waals surface area contributed by atoms with Crippen molar-refractivity contribution in [2.45, 2.75) is 28.5 Å². The molecule has 0 radical (unpaired) electrons. The van der Waals surface area contributed by atoms with Gasteiger partial charge in [-0.25, -0.2) is 31.8 Å². The molecule has 0 spiro atoms. The summed E-state index contributed by atoms with van der Waals surface area (Å²) in [7, 11) is 2.40. The average Bonchev–Trinajstić information content (AvgIpc) is 3.47. The summed E-state index contributed by atoms with van der Waals surface area (Å²) in [4.78, 5) is 62.3. The van der Waals surface area contributed by atoms with Crippen molar-refractivity contribution in [3.8, 4) is 17.2 Å². The molecule has 3 aromatic carbocycles. The molecule has 12 nitrogen and oxygen atoms in total. The fourth-order valence-corrected chi connectivity index (χ4v) is 8.97. The van der Waals surface area contributed by atoms with E-state index in [9.17, 15) is 47.6 Å². The van der Waals surface area contributed by atoms with E-state index in [1.54, 1.807) is 0 Å². The Morgan fingerprint density at radius 1 is 0.868 bits per heavy atom. The molecule has 53 heavy (non-hydrogen) atoms. The van der Waals surface area contributed by atoms with Crippen molar-refractivity contribution in [3.05, 3.63) is 92.8 Å². The number of imide groups is 2. The van der Waals surface area contributed by atoms with E-state index in [-0.39, 0.29) is 39.6 Å². The van der Waals surface area contributed by atoms with Crippen LogP contribution in [-0.2, 0) is 19.2 Å². The number of nitro benzene ring substituents is 1. The highest BCUT2D eigenvalue weighted by atomic mass is 35.5. The number of hydrogen-bond donors (Lipinski definition) is 1. The third-order valence-electron chi connectivity index (χ3n) is 10.4. The van der Waals surface area contributed by atoms with Gasteiger partial charge in [-0.1, -0.05) is 17.7 Å². The third-order valence-corrected chi connectivity index (χ3v) is 11.8. The Hall–Kier alpha value is -5.29. The van der Waals surface area contributed by atoms with E-state index in [1.165, 1.54) is 31.4 Å². The summed E-state index contributed by atoms with van der Waals surface area (Å²) in [5.74, 6) is -24.4. The Bertz CT molecular complexity index is 2230. The number of halogens is 7. The van der Waals surface area contributed by atoms with Crippen LogP contribution in [0.25, 0.3) is 0 Å². The van der Waals surface area contributed by atoms with Crippen molar-refractivity contribution in [2.24, 2.45) is 17.8 Å². The van der Waals surface area contributed by atoms with E-state index >= 15 is 8.78 Å². The number of carbonyl (C=O) groups excluding carboxylic acids is 4. The SMILES string of the molecule is COc1cc(O)c([C@H]2C3=CC[C@@H]4C(=O)N(c5cccc([N+](=O)[O-])c5)C(=O)[C@@H]4[C@@H]3C[C@@]3(Cl)C(=O)N(c4c(F)c(F)c(F)c(F)c4F)C(=O)[C@@]23Cl)c(OC)c1. The number of nitro groups is 1. The summed E-state index contributed by atoms with van der Waals surface area (Å²) in [5.41, 5.74) is -2.85. The highest BCUT2D eigenvalue weighted by Gasteiger charge is 2.77. The number of phenolic OH excluding ortho intramolecular Hbond substituents is 1. The van der Waals surface area contributed by atoms with Crippen molar-refractivity contribution >= 4 is 63.9 Å². The molecule has 4 aliphatic rings. The molecule has 0 unspecified atom stereocenters. The fourth-order valence-electron chi connectivity index (χ4n) is 8.05. The van der Waals surface area contributed by atoms with E-state index in [4.69, 9.17) is 32.7 Å². The Kier molecular flexibility index (Phi) is 8.26. The molecule has 2 heterocycles. The first-order valence-corrected chi connectivity index (χ1v) is 16.3. The quantitative estimate of drug-likeness (QED) is 0.0479. The maximum atomic E-state index is 15.3. The van der Waals surface area contributed by atoms with Crippen molar-refractivity contribution in [3.63, 3.8) is 0 Å². The number of benzene rings is 3. The molecule has 6 atom stereocenters. The number of alkyl halides is 2. The second-order valence-corrected chi connectivity index (χ2v) is 14.0. The van der Waals surface area contributed by atoms with Crippen LogP contribution in [0.5, 0.6) is 17.2 Å². The number of ether oxygens (including phenoxy) is 2. The summed E-state index contributed by atoms with van der Waals surface area (Å²) >= 11 is 14.2. The predicted octanol–water partition coefficient (Wildman–Crippen LogP) is 5.78. The Balaban J connectivity index is 1.46. The predicted molar refractivity (Wildman–Crippen MR) is 173 cm³/mol. The Morgan fingerprint density at radius 3 is 2.11 bits per heavy atom. The van der Waals surface area contributed by atoms with Crippen LogP contribution in [-0.4, -0.2) is 57.6 Å².